The fourth-order valence-electron chi connectivity index (χ4n) is 1.97. The lowest BCUT2D eigenvalue weighted by molar-refractivity contribution is -0.138. The molecule has 1 aromatic carbocycles. The number of aromatic nitrogens is 2. The van der Waals surface area contributed by atoms with Gasteiger partial charge in [0, 0.05) is 5.69 Å². The SMILES string of the molecule is CCOC(=O)c1nc2ccc(N/C(=C/C(=O)OC)C(=O)OC)cc2[nH]1. The largest absolute Gasteiger partial charge is 0.466 e. The second-order valence-corrected chi connectivity index (χ2v) is 4.74. The van der Waals surface area contributed by atoms with E-state index in [0.29, 0.717) is 16.7 Å². The van der Waals surface area contributed by atoms with Crippen LogP contribution in [0.3, 0.4) is 0 Å². The first kappa shape index (κ1) is 18.0. The van der Waals surface area contributed by atoms with Crippen LogP contribution in [-0.4, -0.2) is 48.7 Å². The predicted octanol–water partition coefficient (Wildman–Crippen LogP) is 1.38. The highest BCUT2D eigenvalue weighted by atomic mass is 16.5. The molecule has 0 saturated heterocycles. The summed E-state index contributed by atoms with van der Waals surface area (Å²) in [6.45, 7) is 1.94. The number of benzene rings is 1. The molecule has 2 aromatic rings. The summed E-state index contributed by atoms with van der Waals surface area (Å²) in [5.41, 5.74) is 1.48. The van der Waals surface area contributed by atoms with Gasteiger partial charge in [0.05, 0.1) is 37.9 Å². The normalized spacial score (nSPS) is 11.1. The molecule has 0 saturated carbocycles. The van der Waals surface area contributed by atoms with Crippen LogP contribution in [0, 0.1) is 0 Å². The molecule has 0 aliphatic rings. The third-order valence-electron chi connectivity index (χ3n) is 3.10. The van der Waals surface area contributed by atoms with Gasteiger partial charge in [0.2, 0.25) is 5.82 Å². The van der Waals surface area contributed by atoms with Crippen molar-refractivity contribution in [2.45, 2.75) is 6.92 Å². The Balaban J connectivity index is 2.30. The van der Waals surface area contributed by atoms with Crippen molar-refractivity contribution in [3.63, 3.8) is 0 Å². The number of anilines is 1. The van der Waals surface area contributed by atoms with E-state index in [4.69, 9.17) is 4.74 Å². The summed E-state index contributed by atoms with van der Waals surface area (Å²) in [5, 5.41) is 2.77. The molecule has 2 rings (SSSR count). The summed E-state index contributed by atoms with van der Waals surface area (Å²) in [5.74, 6) is -1.93. The van der Waals surface area contributed by atoms with E-state index in [1.54, 1.807) is 25.1 Å². The number of hydrogen-bond donors (Lipinski definition) is 2. The maximum atomic E-state index is 11.8. The van der Waals surface area contributed by atoms with E-state index >= 15 is 0 Å². The number of carbonyl (C=O) groups is 3. The molecule has 0 spiro atoms. The second kappa shape index (κ2) is 7.95. The van der Waals surface area contributed by atoms with Crippen LogP contribution < -0.4 is 5.32 Å². The number of hydrogen-bond acceptors (Lipinski definition) is 8. The highest BCUT2D eigenvalue weighted by molar-refractivity contribution is 5.99. The number of nitrogens with zero attached hydrogens (tertiary/aromatic N) is 1. The molecule has 1 heterocycles. The van der Waals surface area contributed by atoms with Crippen molar-refractivity contribution in [3.05, 3.63) is 35.8 Å². The van der Waals surface area contributed by atoms with Gasteiger partial charge in [-0.1, -0.05) is 0 Å². The lowest BCUT2D eigenvalue weighted by Gasteiger charge is -2.08. The number of aromatic amines is 1. The van der Waals surface area contributed by atoms with Gasteiger partial charge in [-0.3, -0.25) is 0 Å². The van der Waals surface area contributed by atoms with E-state index in [1.165, 1.54) is 14.2 Å². The molecule has 0 unspecified atom stereocenters. The van der Waals surface area contributed by atoms with Crippen molar-refractivity contribution in [2.24, 2.45) is 0 Å². The maximum absolute atomic E-state index is 11.8. The standard InChI is InChI=1S/C16H17N3O6/c1-4-25-16(22)14-18-10-6-5-9(7-11(10)19-14)17-12(15(21)24-3)8-13(20)23-2/h5-8,17H,4H2,1-3H3,(H,18,19)/b12-8+. The van der Waals surface area contributed by atoms with Crippen LogP contribution in [0.4, 0.5) is 5.69 Å². The zero-order valence-corrected chi connectivity index (χ0v) is 13.9. The quantitative estimate of drug-likeness (QED) is 0.457. The minimum atomic E-state index is -0.734. The lowest BCUT2D eigenvalue weighted by Crippen LogP contribution is -2.15. The van der Waals surface area contributed by atoms with Crippen molar-refractivity contribution in [1.82, 2.24) is 9.97 Å². The van der Waals surface area contributed by atoms with Crippen LogP contribution in [0.2, 0.25) is 0 Å². The third kappa shape index (κ3) is 4.34. The van der Waals surface area contributed by atoms with Crippen molar-refractivity contribution in [2.75, 3.05) is 26.1 Å². The molecule has 0 amide bonds. The Morgan fingerprint density at radius 1 is 1.24 bits per heavy atom. The van der Waals surface area contributed by atoms with E-state index in [1.807, 2.05) is 0 Å². The second-order valence-electron chi connectivity index (χ2n) is 4.74. The molecule has 0 aliphatic carbocycles. The number of ether oxygens (including phenoxy) is 3. The average Bonchev–Trinajstić information content (AvgIpc) is 3.04. The smallest absolute Gasteiger partial charge is 0.374 e. The van der Waals surface area contributed by atoms with Crippen LogP contribution in [0.1, 0.15) is 17.5 Å². The Morgan fingerprint density at radius 2 is 2.00 bits per heavy atom. The minimum absolute atomic E-state index is 0.0762. The molecular weight excluding hydrogens is 330 g/mol. The molecule has 25 heavy (non-hydrogen) atoms. The molecule has 9 nitrogen and oxygen atoms in total. The number of imidazole rings is 1. The zero-order valence-electron chi connectivity index (χ0n) is 13.9. The number of rotatable bonds is 6. The molecular formula is C16H17N3O6. The highest BCUT2D eigenvalue weighted by Crippen LogP contribution is 2.19. The van der Waals surface area contributed by atoms with Gasteiger partial charge >= 0.3 is 17.9 Å². The molecule has 0 aliphatic heterocycles. The van der Waals surface area contributed by atoms with Crippen molar-refractivity contribution < 1.29 is 28.6 Å². The fraction of sp³-hybridized carbons (Fsp3) is 0.250. The van der Waals surface area contributed by atoms with E-state index < -0.39 is 17.9 Å². The number of carbonyl (C=O) groups excluding carboxylic acids is 3. The Labute approximate surface area is 143 Å². The zero-order chi connectivity index (χ0) is 18.4. The molecule has 0 atom stereocenters. The fourth-order valence-corrected chi connectivity index (χ4v) is 1.97. The predicted molar refractivity (Wildman–Crippen MR) is 87.8 cm³/mol. The molecule has 132 valence electrons. The third-order valence-corrected chi connectivity index (χ3v) is 3.10. The van der Waals surface area contributed by atoms with Gasteiger partial charge in [0.15, 0.2) is 0 Å². The van der Waals surface area contributed by atoms with Gasteiger partial charge in [-0.05, 0) is 25.1 Å². The van der Waals surface area contributed by atoms with E-state index in [-0.39, 0.29) is 18.1 Å². The van der Waals surface area contributed by atoms with Gasteiger partial charge in [0.25, 0.3) is 0 Å². The Hall–Kier alpha value is -3.36. The summed E-state index contributed by atoms with van der Waals surface area (Å²) < 4.78 is 14.0. The Kier molecular flexibility index (Phi) is 5.72. The van der Waals surface area contributed by atoms with Crippen molar-refractivity contribution in [1.29, 1.82) is 0 Å². The van der Waals surface area contributed by atoms with E-state index in [2.05, 4.69) is 24.8 Å². The highest BCUT2D eigenvalue weighted by Gasteiger charge is 2.15. The first-order chi connectivity index (χ1) is 12.0. The van der Waals surface area contributed by atoms with Gasteiger partial charge in [-0.2, -0.15) is 0 Å². The lowest BCUT2D eigenvalue weighted by atomic mass is 10.2. The summed E-state index contributed by atoms with van der Waals surface area (Å²) >= 11 is 0. The molecule has 1 aromatic heterocycles. The van der Waals surface area contributed by atoms with Gasteiger partial charge in [-0.15, -0.1) is 0 Å². The maximum Gasteiger partial charge on any atom is 0.374 e. The topological polar surface area (TPSA) is 120 Å². The van der Waals surface area contributed by atoms with Gasteiger partial charge in [-0.25, -0.2) is 19.4 Å². The molecule has 0 radical (unpaired) electrons. The summed E-state index contributed by atoms with van der Waals surface area (Å²) in [4.78, 5) is 41.8. The summed E-state index contributed by atoms with van der Waals surface area (Å²) in [6.07, 6.45) is 0.979. The Bertz CT molecular complexity index is 840. The van der Waals surface area contributed by atoms with E-state index in [0.717, 1.165) is 6.08 Å². The summed E-state index contributed by atoms with van der Waals surface area (Å²) in [7, 11) is 2.39. The number of H-pyrrole nitrogens is 1. The molecule has 2 N–H and O–H groups in total. The average molecular weight is 347 g/mol. The summed E-state index contributed by atoms with van der Waals surface area (Å²) in [6, 6.07) is 4.90. The van der Waals surface area contributed by atoms with Crippen molar-refractivity contribution >= 4 is 34.6 Å². The molecule has 0 bridgehead atoms. The first-order valence-corrected chi connectivity index (χ1v) is 7.30. The first-order valence-electron chi connectivity index (χ1n) is 7.30. The number of methoxy groups -OCH3 is 2. The van der Waals surface area contributed by atoms with E-state index in [9.17, 15) is 14.4 Å². The van der Waals surface area contributed by atoms with Crippen molar-refractivity contribution in [3.8, 4) is 0 Å². The molecule has 0 fully saturated rings. The van der Waals surface area contributed by atoms with Crippen LogP contribution in [0.15, 0.2) is 30.0 Å². The number of esters is 3. The molecule has 9 heteroatoms. The van der Waals surface area contributed by atoms with Crippen LogP contribution in [0.25, 0.3) is 11.0 Å². The van der Waals surface area contributed by atoms with Gasteiger partial charge in [0.1, 0.15) is 5.70 Å². The Morgan fingerprint density at radius 3 is 2.64 bits per heavy atom. The van der Waals surface area contributed by atoms with Crippen LogP contribution >= 0.6 is 0 Å². The minimum Gasteiger partial charge on any atom is -0.466 e. The van der Waals surface area contributed by atoms with Crippen LogP contribution in [-0.2, 0) is 23.8 Å². The van der Waals surface area contributed by atoms with Gasteiger partial charge < -0.3 is 24.5 Å². The van der Waals surface area contributed by atoms with Crippen LogP contribution in [0.5, 0.6) is 0 Å². The number of fused-ring (bicyclic) bond motifs is 1. The number of nitrogens with one attached hydrogen (secondary N) is 2. The monoisotopic (exact) mass is 347 g/mol.